The molecule has 1 aromatic carbocycles. The predicted octanol–water partition coefficient (Wildman–Crippen LogP) is 7.43. The number of rotatable bonds is 4. The molecule has 0 radical (unpaired) electrons. The molecule has 5 nitrogen and oxygen atoms in total. The molecule has 1 amide bonds. The lowest BCUT2D eigenvalue weighted by Crippen LogP contribution is -2.47. The molecule has 0 aliphatic carbocycles. The van der Waals surface area contributed by atoms with Gasteiger partial charge in [-0.25, -0.2) is 9.18 Å². The van der Waals surface area contributed by atoms with Gasteiger partial charge in [-0.1, -0.05) is 18.2 Å². The van der Waals surface area contributed by atoms with Gasteiger partial charge >= 0.3 is 6.09 Å². The number of H-pyrrole nitrogens is 1. The van der Waals surface area contributed by atoms with Crippen molar-refractivity contribution in [3.8, 4) is 0 Å². The normalized spacial score (nSPS) is 21.9. The standard InChI is InChI=1S/C30H40FN3O2S/c1-19-17-22-21-9-7-8-10-23(21)32-26(22)27(34(19)18-30(5,6)31)25-12-11-24(37-25)20-13-15-33(16-14-20)28(35)36-29(2,3)4/h7-12,19-20,27,32H,13-18H2,1-6H3/t19-,27-/m1/s1. The lowest BCUT2D eigenvalue weighted by Gasteiger charge is -2.42. The molecule has 2 atom stereocenters. The van der Waals surface area contributed by atoms with Gasteiger partial charge in [0.1, 0.15) is 11.3 Å². The third-order valence-electron chi connectivity index (χ3n) is 7.54. The zero-order valence-electron chi connectivity index (χ0n) is 22.9. The van der Waals surface area contributed by atoms with Crippen molar-refractivity contribution >= 4 is 28.3 Å². The molecule has 2 aliphatic heterocycles. The van der Waals surface area contributed by atoms with Crippen LogP contribution in [0, 0.1) is 0 Å². The van der Waals surface area contributed by atoms with Crippen molar-refractivity contribution in [3.63, 3.8) is 0 Å². The van der Waals surface area contributed by atoms with E-state index < -0.39 is 11.3 Å². The fourth-order valence-electron chi connectivity index (χ4n) is 5.90. The van der Waals surface area contributed by atoms with Gasteiger partial charge in [0.15, 0.2) is 0 Å². The average Bonchev–Trinajstić information content (AvgIpc) is 3.43. The summed E-state index contributed by atoms with van der Waals surface area (Å²) in [7, 11) is 0. The Balaban J connectivity index is 1.41. The number of fused-ring (bicyclic) bond motifs is 3. The largest absolute Gasteiger partial charge is 0.444 e. The number of carbonyl (C=O) groups is 1. The lowest BCUT2D eigenvalue weighted by molar-refractivity contribution is 0.0205. The summed E-state index contributed by atoms with van der Waals surface area (Å²) in [5.74, 6) is 0.423. The van der Waals surface area contributed by atoms with Crippen molar-refractivity contribution in [1.29, 1.82) is 0 Å². The molecule has 5 rings (SSSR count). The van der Waals surface area contributed by atoms with E-state index in [0.717, 1.165) is 24.8 Å². The first-order chi connectivity index (χ1) is 17.4. The van der Waals surface area contributed by atoms with Crippen molar-refractivity contribution in [2.24, 2.45) is 0 Å². The third-order valence-corrected chi connectivity index (χ3v) is 8.84. The Bertz CT molecular complexity index is 1260. The van der Waals surface area contributed by atoms with E-state index in [9.17, 15) is 4.79 Å². The van der Waals surface area contributed by atoms with Gasteiger partial charge < -0.3 is 14.6 Å². The molecule has 3 aromatic rings. The number of amides is 1. The molecular formula is C30H40FN3O2S. The number of halogens is 1. The minimum absolute atomic E-state index is 0.00165. The zero-order chi connectivity index (χ0) is 26.5. The van der Waals surface area contributed by atoms with E-state index in [-0.39, 0.29) is 18.2 Å². The molecule has 37 heavy (non-hydrogen) atoms. The summed E-state index contributed by atoms with van der Waals surface area (Å²) in [6.07, 6.45) is 2.55. The highest BCUT2D eigenvalue weighted by Gasteiger charge is 2.39. The zero-order valence-corrected chi connectivity index (χ0v) is 23.8. The summed E-state index contributed by atoms with van der Waals surface area (Å²) in [5.41, 5.74) is 1.95. The number of thiophene rings is 1. The maximum atomic E-state index is 15.0. The first-order valence-electron chi connectivity index (χ1n) is 13.5. The summed E-state index contributed by atoms with van der Waals surface area (Å²) >= 11 is 1.85. The summed E-state index contributed by atoms with van der Waals surface area (Å²) in [6.45, 7) is 13.1. The van der Waals surface area contributed by atoms with Crippen LogP contribution < -0.4 is 0 Å². The number of para-hydroxylation sites is 1. The second-order valence-electron chi connectivity index (χ2n) is 12.4. The Morgan fingerprint density at radius 3 is 2.43 bits per heavy atom. The minimum atomic E-state index is -1.29. The number of hydrogen-bond donors (Lipinski definition) is 1. The van der Waals surface area contributed by atoms with E-state index in [1.54, 1.807) is 13.8 Å². The summed E-state index contributed by atoms with van der Waals surface area (Å²) in [4.78, 5) is 23.0. The molecule has 0 saturated carbocycles. The van der Waals surface area contributed by atoms with Crippen LogP contribution in [0.15, 0.2) is 36.4 Å². The molecule has 0 spiro atoms. The summed E-state index contributed by atoms with van der Waals surface area (Å²) in [6, 6.07) is 13.2. The number of aromatic nitrogens is 1. The maximum absolute atomic E-state index is 15.0. The van der Waals surface area contributed by atoms with Crippen LogP contribution in [0.3, 0.4) is 0 Å². The predicted molar refractivity (Wildman–Crippen MR) is 149 cm³/mol. The minimum Gasteiger partial charge on any atom is -0.444 e. The van der Waals surface area contributed by atoms with Crippen molar-refractivity contribution in [3.05, 3.63) is 57.4 Å². The Morgan fingerprint density at radius 2 is 1.76 bits per heavy atom. The Morgan fingerprint density at radius 1 is 1.08 bits per heavy atom. The van der Waals surface area contributed by atoms with Crippen molar-refractivity contribution in [1.82, 2.24) is 14.8 Å². The van der Waals surface area contributed by atoms with Crippen LogP contribution in [-0.2, 0) is 11.2 Å². The first-order valence-corrected chi connectivity index (χ1v) is 14.3. The third kappa shape index (κ3) is 5.58. The van der Waals surface area contributed by atoms with E-state index in [0.29, 0.717) is 25.6 Å². The summed E-state index contributed by atoms with van der Waals surface area (Å²) in [5, 5.41) is 1.28. The van der Waals surface area contributed by atoms with E-state index in [1.165, 1.54) is 26.4 Å². The van der Waals surface area contributed by atoms with E-state index in [1.807, 2.05) is 37.0 Å². The monoisotopic (exact) mass is 525 g/mol. The van der Waals surface area contributed by atoms with E-state index in [2.05, 4.69) is 53.2 Å². The van der Waals surface area contributed by atoms with Crippen molar-refractivity contribution in [2.75, 3.05) is 19.6 Å². The highest BCUT2D eigenvalue weighted by molar-refractivity contribution is 7.12. The molecule has 0 bridgehead atoms. The number of benzene rings is 1. The summed E-state index contributed by atoms with van der Waals surface area (Å²) < 4.78 is 20.6. The van der Waals surface area contributed by atoms with Crippen LogP contribution in [0.4, 0.5) is 9.18 Å². The van der Waals surface area contributed by atoms with Gasteiger partial charge in [-0.15, -0.1) is 11.3 Å². The molecule has 2 aromatic heterocycles. The number of hydrogen-bond acceptors (Lipinski definition) is 4. The molecule has 0 unspecified atom stereocenters. The molecule has 4 heterocycles. The van der Waals surface area contributed by atoms with Gasteiger partial charge in [0, 0.05) is 52.0 Å². The molecule has 7 heteroatoms. The second kappa shape index (κ2) is 9.73. The Kier molecular flexibility index (Phi) is 6.90. The number of piperidine rings is 1. The number of alkyl halides is 1. The topological polar surface area (TPSA) is 48.6 Å². The fourth-order valence-corrected chi connectivity index (χ4v) is 7.21. The number of nitrogens with zero attached hydrogens (tertiary/aromatic N) is 2. The fraction of sp³-hybridized carbons (Fsp3) is 0.567. The van der Waals surface area contributed by atoms with Crippen LogP contribution in [0.5, 0.6) is 0 Å². The van der Waals surface area contributed by atoms with Crippen LogP contribution in [0.25, 0.3) is 10.9 Å². The lowest BCUT2D eigenvalue weighted by atomic mass is 9.90. The maximum Gasteiger partial charge on any atom is 0.410 e. The number of likely N-dealkylation sites (tertiary alicyclic amines) is 1. The van der Waals surface area contributed by atoms with Crippen LogP contribution >= 0.6 is 11.3 Å². The molecule has 200 valence electrons. The average molecular weight is 526 g/mol. The van der Waals surface area contributed by atoms with Crippen LogP contribution in [0.2, 0.25) is 0 Å². The highest BCUT2D eigenvalue weighted by atomic mass is 32.1. The van der Waals surface area contributed by atoms with Crippen molar-refractivity contribution < 1.29 is 13.9 Å². The SMILES string of the molecule is C[C@@H]1Cc2c([nH]c3ccccc23)[C@@H](c2ccc(C3CCN(C(=O)OC(C)(C)C)CC3)s2)N1CC(C)(C)F. The quantitative estimate of drug-likeness (QED) is 0.385. The van der Waals surface area contributed by atoms with Gasteiger partial charge in [-0.2, -0.15) is 0 Å². The number of aromatic amines is 1. The van der Waals surface area contributed by atoms with Crippen molar-refractivity contribution in [2.45, 2.75) is 90.1 Å². The molecule has 1 fully saturated rings. The smallest absolute Gasteiger partial charge is 0.410 e. The molecular weight excluding hydrogens is 485 g/mol. The van der Waals surface area contributed by atoms with Gasteiger partial charge in [-0.05, 0) is 90.5 Å². The number of nitrogens with one attached hydrogen (secondary N) is 1. The van der Waals surface area contributed by atoms with E-state index >= 15 is 4.39 Å². The number of ether oxygens (including phenoxy) is 1. The van der Waals surface area contributed by atoms with Gasteiger partial charge in [0.25, 0.3) is 0 Å². The van der Waals surface area contributed by atoms with E-state index in [4.69, 9.17) is 4.74 Å². The highest BCUT2D eigenvalue weighted by Crippen LogP contribution is 2.45. The number of carbonyl (C=O) groups excluding carboxylic acids is 1. The Hall–Kier alpha value is -2.38. The molecule has 2 aliphatic rings. The van der Waals surface area contributed by atoms with Crippen LogP contribution in [-0.4, -0.2) is 57.8 Å². The second-order valence-corrected chi connectivity index (χ2v) is 13.5. The first kappa shape index (κ1) is 26.2. The van der Waals surface area contributed by atoms with Gasteiger partial charge in [0.05, 0.1) is 6.04 Å². The van der Waals surface area contributed by atoms with Crippen LogP contribution in [0.1, 0.15) is 87.4 Å². The van der Waals surface area contributed by atoms with Gasteiger partial charge in [0.2, 0.25) is 0 Å². The van der Waals surface area contributed by atoms with Gasteiger partial charge in [-0.3, -0.25) is 4.90 Å². The molecule has 1 N–H and O–H groups in total. The Labute approximate surface area is 224 Å². The molecule has 1 saturated heterocycles.